The van der Waals surface area contributed by atoms with Crippen molar-refractivity contribution in [1.82, 2.24) is 15.0 Å². The number of aryl methyl sites for hydroxylation is 1. The molecule has 1 aromatic heterocycles. The molecule has 3 rings (SSSR count). The summed E-state index contributed by atoms with van der Waals surface area (Å²) < 4.78 is 10.4. The van der Waals surface area contributed by atoms with Gasteiger partial charge in [0.1, 0.15) is 13.2 Å². The minimum Gasteiger partial charge on any atom is -0.362 e. The first-order chi connectivity index (χ1) is 11.5. The van der Waals surface area contributed by atoms with E-state index < -0.39 is 0 Å². The van der Waals surface area contributed by atoms with Crippen LogP contribution in [0.25, 0.3) is 0 Å². The lowest BCUT2D eigenvalue weighted by molar-refractivity contribution is -0.139. The second-order valence-corrected chi connectivity index (χ2v) is 6.42. The van der Waals surface area contributed by atoms with Gasteiger partial charge in [-0.3, -0.25) is 4.79 Å². The maximum absolute atomic E-state index is 12.6. The molecule has 0 radical (unpaired) electrons. The van der Waals surface area contributed by atoms with Crippen LogP contribution in [0.1, 0.15) is 43.1 Å². The quantitative estimate of drug-likeness (QED) is 0.767. The fourth-order valence-corrected chi connectivity index (χ4v) is 2.82. The maximum atomic E-state index is 12.6. The molecule has 0 N–H and O–H groups in total. The molecule has 0 saturated heterocycles. The van der Waals surface area contributed by atoms with E-state index in [1.165, 1.54) is 0 Å². The third-order valence-corrected chi connectivity index (χ3v) is 4.27. The van der Waals surface area contributed by atoms with Gasteiger partial charge in [-0.15, -0.1) is 0 Å². The number of rotatable bonds is 7. The lowest BCUT2D eigenvalue weighted by Crippen LogP contribution is -2.38. The van der Waals surface area contributed by atoms with Crippen LogP contribution in [0.2, 0.25) is 5.02 Å². The molecule has 0 bridgehead atoms. The number of carbonyl (C=O) groups is 1. The Labute approximate surface area is 145 Å². The van der Waals surface area contributed by atoms with Gasteiger partial charge in [-0.25, -0.2) is 0 Å². The van der Waals surface area contributed by atoms with E-state index in [-0.39, 0.29) is 31.2 Å². The molecule has 1 heterocycles. The zero-order valence-corrected chi connectivity index (χ0v) is 14.5. The summed E-state index contributed by atoms with van der Waals surface area (Å²) in [5, 5.41) is 4.38. The van der Waals surface area contributed by atoms with Gasteiger partial charge in [-0.1, -0.05) is 28.9 Å². The van der Waals surface area contributed by atoms with Crippen LogP contribution in [0, 0.1) is 6.92 Å². The molecule has 1 atom stereocenters. The molecule has 1 aromatic carbocycles. The van der Waals surface area contributed by atoms with E-state index in [0.717, 1.165) is 18.4 Å². The van der Waals surface area contributed by atoms with Gasteiger partial charge in [0.25, 0.3) is 5.89 Å². The molecule has 1 unspecified atom stereocenters. The Morgan fingerprint density at radius 2 is 2.12 bits per heavy atom. The molecule has 2 aromatic rings. The summed E-state index contributed by atoms with van der Waals surface area (Å²) in [6, 6.07) is 7.87. The summed E-state index contributed by atoms with van der Waals surface area (Å²) in [4.78, 5) is 18.6. The molecule has 128 valence electrons. The highest BCUT2D eigenvalue weighted by atomic mass is 35.5. The standard InChI is InChI=1S/C17H20ClN3O3/c1-11(13-3-5-14(18)6-4-13)21(15-7-8-15)17(22)10-23-9-16-19-12(2)20-24-16/h3-6,11,15H,7-10H2,1-2H3. The lowest BCUT2D eigenvalue weighted by Gasteiger charge is -2.29. The SMILES string of the molecule is Cc1noc(COCC(=O)N(C2CC2)C(C)c2ccc(Cl)cc2)n1. The van der Waals surface area contributed by atoms with Crippen molar-refractivity contribution < 1.29 is 14.1 Å². The average molecular weight is 350 g/mol. The van der Waals surface area contributed by atoms with Crippen LogP contribution < -0.4 is 0 Å². The van der Waals surface area contributed by atoms with Crippen molar-refractivity contribution in [3.8, 4) is 0 Å². The molecule has 1 aliphatic carbocycles. The highest BCUT2D eigenvalue weighted by Gasteiger charge is 2.36. The largest absolute Gasteiger partial charge is 0.362 e. The van der Waals surface area contributed by atoms with Crippen LogP contribution in [0.5, 0.6) is 0 Å². The molecule has 1 fully saturated rings. The fourth-order valence-electron chi connectivity index (χ4n) is 2.69. The van der Waals surface area contributed by atoms with Gasteiger partial charge in [-0.2, -0.15) is 4.98 Å². The molecule has 0 spiro atoms. The van der Waals surface area contributed by atoms with E-state index in [1.54, 1.807) is 6.92 Å². The monoisotopic (exact) mass is 349 g/mol. The Balaban J connectivity index is 1.60. The van der Waals surface area contributed by atoms with Crippen LogP contribution in [0.15, 0.2) is 28.8 Å². The molecule has 1 aliphatic rings. The van der Waals surface area contributed by atoms with E-state index in [4.69, 9.17) is 20.9 Å². The Bertz CT molecular complexity index is 697. The minimum atomic E-state index is -0.0313. The van der Waals surface area contributed by atoms with Crippen molar-refractivity contribution >= 4 is 17.5 Å². The molecular weight excluding hydrogens is 330 g/mol. The maximum Gasteiger partial charge on any atom is 0.252 e. The Morgan fingerprint density at radius 1 is 1.42 bits per heavy atom. The molecule has 24 heavy (non-hydrogen) atoms. The second-order valence-electron chi connectivity index (χ2n) is 5.99. The number of benzene rings is 1. The van der Waals surface area contributed by atoms with Gasteiger partial charge in [0.05, 0.1) is 6.04 Å². The summed E-state index contributed by atoms with van der Waals surface area (Å²) in [7, 11) is 0. The number of hydrogen-bond donors (Lipinski definition) is 0. The third kappa shape index (κ3) is 4.13. The number of aromatic nitrogens is 2. The van der Waals surface area contributed by atoms with Gasteiger partial charge < -0.3 is 14.2 Å². The number of nitrogens with zero attached hydrogens (tertiary/aromatic N) is 3. The fraction of sp³-hybridized carbons (Fsp3) is 0.471. The van der Waals surface area contributed by atoms with E-state index in [0.29, 0.717) is 16.7 Å². The van der Waals surface area contributed by atoms with Crippen molar-refractivity contribution in [3.05, 3.63) is 46.6 Å². The van der Waals surface area contributed by atoms with E-state index in [1.807, 2.05) is 36.1 Å². The minimum absolute atomic E-state index is 0.00411. The molecule has 7 heteroatoms. The third-order valence-electron chi connectivity index (χ3n) is 4.02. The van der Waals surface area contributed by atoms with Gasteiger partial charge in [0.15, 0.2) is 5.82 Å². The highest BCUT2D eigenvalue weighted by Crippen LogP contribution is 2.34. The van der Waals surface area contributed by atoms with Crippen molar-refractivity contribution in [3.63, 3.8) is 0 Å². The average Bonchev–Trinajstić information content (AvgIpc) is 3.30. The zero-order chi connectivity index (χ0) is 17.1. The Kier molecular flexibility index (Phi) is 5.16. The summed E-state index contributed by atoms with van der Waals surface area (Å²) in [5.74, 6) is 0.899. The summed E-state index contributed by atoms with van der Waals surface area (Å²) >= 11 is 5.94. The number of halogens is 1. The summed E-state index contributed by atoms with van der Waals surface area (Å²) in [5.41, 5.74) is 1.06. The first-order valence-electron chi connectivity index (χ1n) is 7.98. The number of amides is 1. The molecule has 1 saturated carbocycles. The summed E-state index contributed by atoms with van der Waals surface area (Å²) in [6.45, 7) is 3.90. The normalized spacial score (nSPS) is 15.3. The van der Waals surface area contributed by atoms with E-state index >= 15 is 0 Å². The van der Waals surface area contributed by atoms with Gasteiger partial charge in [0, 0.05) is 11.1 Å². The van der Waals surface area contributed by atoms with Crippen LogP contribution in [0.3, 0.4) is 0 Å². The van der Waals surface area contributed by atoms with Crippen LogP contribution >= 0.6 is 11.6 Å². The number of hydrogen-bond acceptors (Lipinski definition) is 5. The molecule has 0 aliphatic heterocycles. The highest BCUT2D eigenvalue weighted by molar-refractivity contribution is 6.30. The van der Waals surface area contributed by atoms with E-state index in [9.17, 15) is 4.79 Å². The number of carbonyl (C=O) groups excluding carboxylic acids is 1. The topological polar surface area (TPSA) is 68.5 Å². The second kappa shape index (κ2) is 7.32. The first-order valence-corrected chi connectivity index (χ1v) is 8.36. The first kappa shape index (κ1) is 16.9. The zero-order valence-electron chi connectivity index (χ0n) is 13.7. The predicted molar refractivity (Wildman–Crippen MR) is 88.4 cm³/mol. The summed E-state index contributed by atoms with van der Waals surface area (Å²) in [6.07, 6.45) is 2.07. The van der Waals surface area contributed by atoms with Crippen LogP contribution in [-0.4, -0.2) is 33.6 Å². The van der Waals surface area contributed by atoms with Crippen molar-refractivity contribution in [2.24, 2.45) is 0 Å². The van der Waals surface area contributed by atoms with Gasteiger partial charge in [-0.05, 0) is 44.4 Å². The Hall–Kier alpha value is -1.92. The van der Waals surface area contributed by atoms with Gasteiger partial charge in [0.2, 0.25) is 5.91 Å². The van der Waals surface area contributed by atoms with Crippen molar-refractivity contribution in [2.75, 3.05) is 6.61 Å². The molecule has 6 nitrogen and oxygen atoms in total. The van der Waals surface area contributed by atoms with Gasteiger partial charge >= 0.3 is 0 Å². The number of ether oxygens (including phenoxy) is 1. The lowest BCUT2D eigenvalue weighted by atomic mass is 10.1. The molecule has 1 amide bonds. The van der Waals surface area contributed by atoms with Crippen LogP contribution in [-0.2, 0) is 16.1 Å². The van der Waals surface area contributed by atoms with Crippen molar-refractivity contribution in [2.45, 2.75) is 45.4 Å². The van der Waals surface area contributed by atoms with Crippen LogP contribution in [0.4, 0.5) is 0 Å². The van der Waals surface area contributed by atoms with E-state index in [2.05, 4.69) is 10.1 Å². The predicted octanol–water partition coefficient (Wildman–Crippen LogP) is 3.30. The van der Waals surface area contributed by atoms with Crippen molar-refractivity contribution in [1.29, 1.82) is 0 Å². The Morgan fingerprint density at radius 3 is 2.71 bits per heavy atom. The molecular formula is C17H20ClN3O3. The smallest absolute Gasteiger partial charge is 0.252 e.